The summed E-state index contributed by atoms with van der Waals surface area (Å²) in [5.41, 5.74) is 16.6. The molecule has 0 saturated carbocycles. The smallest absolute Gasteiger partial charge is 0.148 e. The second-order valence-electron chi connectivity index (χ2n) is 17.8. The lowest BCUT2D eigenvalue weighted by molar-refractivity contribution is 0.603. The van der Waals surface area contributed by atoms with Crippen LogP contribution in [0.2, 0.25) is 0 Å². The number of rotatable bonds is 8. The monoisotopic (exact) mass is 845 g/mol. The average Bonchev–Trinajstić information content (AvgIpc) is 3.91. The highest BCUT2D eigenvalue weighted by molar-refractivity contribution is 7.19. The number of nitriles is 1. The molecule has 0 spiro atoms. The zero-order valence-electron chi connectivity index (χ0n) is 36.1. The van der Waals surface area contributed by atoms with E-state index in [0.29, 0.717) is 11.3 Å². The van der Waals surface area contributed by atoms with Crippen LogP contribution >= 0.6 is 11.3 Å². The van der Waals surface area contributed by atoms with Crippen LogP contribution in [0.15, 0.2) is 194 Å². The zero-order chi connectivity index (χ0) is 43.7. The summed E-state index contributed by atoms with van der Waals surface area (Å²) in [4.78, 5) is 7.03. The van der Waals surface area contributed by atoms with Crippen molar-refractivity contribution in [3.8, 4) is 49.2 Å². The Balaban J connectivity index is 1.05. The molecule has 0 fully saturated rings. The first kappa shape index (κ1) is 39.3. The number of para-hydroxylation sites is 2. The van der Waals surface area contributed by atoms with Gasteiger partial charge in [0.2, 0.25) is 0 Å². The normalized spacial score (nSPS) is 13.6. The number of benzene rings is 8. The SMILES string of the molecule is CC1(C)c2cc(N(c3ccccc3)c3ccccc3)ccc2-c2sc3c(c21)C(C)(C)c1cc(N(c2ccc(C#N)cc2)c2c(F)cc(-c4ccccc4)cc2-c2ccccc2)ccc1-3. The van der Waals surface area contributed by atoms with Crippen molar-refractivity contribution in [3.05, 3.63) is 228 Å². The van der Waals surface area contributed by atoms with Crippen LogP contribution < -0.4 is 9.80 Å². The largest absolute Gasteiger partial charge is 0.310 e. The predicted molar refractivity (Wildman–Crippen MR) is 264 cm³/mol. The van der Waals surface area contributed by atoms with E-state index in [1.54, 1.807) is 6.07 Å². The highest BCUT2D eigenvalue weighted by Crippen LogP contribution is 2.64. The van der Waals surface area contributed by atoms with Gasteiger partial charge in [-0.15, -0.1) is 11.3 Å². The molecular formula is C59H44FN3S. The van der Waals surface area contributed by atoms with E-state index in [2.05, 4.69) is 142 Å². The third-order valence-corrected chi connectivity index (χ3v) is 14.5. The molecule has 0 unspecified atom stereocenters. The zero-order valence-corrected chi connectivity index (χ0v) is 36.9. The maximum absolute atomic E-state index is 17.4. The molecular weight excluding hydrogens is 802 g/mol. The molecule has 308 valence electrons. The third kappa shape index (κ3) is 6.20. The number of hydrogen-bond acceptors (Lipinski definition) is 4. The van der Waals surface area contributed by atoms with E-state index in [-0.39, 0.29) is 16.6 Å². The Bertz CT molecular complexity index is 3240. The molecule has 3 nitrogen and oxygen atoms in total. The van der Waals surface area contributed by atoms with Gasteiger partial charge >= 0.3 is 0 Å². The van der Waals surface area contributed by atoms with Crippen molar-refractivity contribution >= 4 is 45.5 Å². The highest BCUT2D eigenvalue weighted by Gasteiger charge is 2.48. The van der Waals surface area contributed by atoms with Crippen LogP contribution in [0.5, 0.6) is 0 Å². The van der Waals surface area contributed by atoms with Crippen molar-refractivity contribution in [1.82, 2.24) is 0 Å². The number of anilines is 6. The van der Waals surface area contributed by atoms with Crippen LogP contribution in [0.1, 0.15) is 55.5 Å². The Kier molecular flexibility index (Phi) is 9.27. The molecule has 2 aliphatic rings. The molecule has 0 N–H and O–H groups in total. The fourth-order valence-corrected chi connectivity index (χ4v) is 11.9. The molecule has 1 aromatic heterocycles. The summed E-state index contributed by atoms with van der Waals surface area (Å²) in [6.45, 7) is 9.46. The van der Waals surface area contributed by atoms with E-state index in [1.807, 2.05) is 101 Å². The second-order valence-corrected chi connectivity index (χ2v) is 18.8. The van der Waals surface area contributed by atoms with E-state index in [9.17, 15) is 5.26 Å². The number of halogens is 1. The summed E-state index contributed by atoms with van der Waals surface area (Å²) >= 11 is 1.90. The summed E-state index contributed by atoms with van der Waals surface area (Å²) in [7, 11) is 0. The minimum absolute atomic E-state index is 0.269. The van der Waals surface area contributed by atoms with Crippen molar-refractivity contribution in [2.75, 3.05) is 9.80 Å². The molecule has 9 aromatic rings. The van der Waals surface area contributed by atoms with Crippen LogP contribution in [-0.4, -0.2) is 0 Å². The van der Waals surface area contributed by atoms with Crippen molar-refractivity contribution in [2.45, 2.75) is 38.5 Å². The molecule has 5 heteroatoms. The molecule has 2 aliphatic carbocycles. The fourth-order valence-electron chi connectivity index (χ4n) is 10.2. The molecule has 1 heterocycles. The van der Waals surface area contributed by atoms with Gasteiger partial charge in [-0.1, -0.05) is 137 Å². The topological polar surface area (TPSA) is 30.3 Å². The summed E-state index contributed by atoms with van der Waals surface area (Å²) in [6, 6.07) is 68.3. The van der Waals surface area contributed by atoms with Crippen molar-refractivity contribution in [1.29, 1.82) is 5.26 Å². The van der Waals surface area contributed by atoms with Gasteiger partial charge in [-0.05, 0) is 135 Å². The number of thiophene rings is 1. The third-order valence-electron chi connectivity index (χ3n) is 13.3. The first-order chi connectivity index (χ1) is 31.1. The summed E-state index contributed by atoms with van der Waals surface area (Å²) in [6.07, 6.45) is 0. The van der Waals surface area contributed by atoms with Gasteiger partial charge in [0.1, 0.15) is 5.82 Å². The standard InChI is InChI=1S/C59H44FN3S/c1-58(2)50-35-45(62(42-21-13-7-14-22-42)43-23-15-8-16-24-43)29-31-47(50)56-53(58)54-57(64-56)48-32-30-46(36-51(48)59(54,3)4)63(44-27-25-38(37-61)26-28-44)55-49(40-19-11-6-12-20-40)33-41(34-52(55)60)39-17-9-5-10-18-39/h5-36H,1-4H3. The Morgan fingerprint density at radius 2 is 0.875 bits per heavy atom. The predicted octanol–water partition coefficient (Wildman–Crippen LogP) is 16.6. The maximum Gasteiger partial charge on any atom is 0.148 e. The summed E-state index contributed by atoms with van der Waals surface area (Å²) in [5, 5.41) is 9.77. The summed E-state index contributed by atoms with van der Waals surface area (Å²) < 4.78 is 17.4. The van der Waals surface area contributed by atoms with E-state index < -0.39 is 0 Å². The molecule has 0 aliphatic heterocycles. The van der Waals surface area contributed by atoms with Gasteiger partial charge in [0.15, 0.2) is 0 Å². The molecule has 0 saturated heterocycles. The quantitative estimate of drug-likeness (QED) is 0.153. The molecule has 0 amide bonds. The Hall–Kier alpha value is -7.52. The minimum atomic E-state index is -0.360. The summed E-state index contributed by atoms with van der Waals surface area (Å²) in [5.74, 6) is -0.335. The van der Waals surface area contributed by atoms with Gasteiger partial charge < -0.3 is 9.80 Å². The van der Waals surface area contributed by atoms with Gasteiger partial charge in [-0.2, -0.15) is 5.26 Å². The van der Waals surface area contributed by atoms with Gasteiger partial charge in [0.25, 0.3) is 0 Å². The van der Waals surface area contributed by atoms with Crippen LogP contribution in [0.25, 0.3) is 43.1 Å². The van der Waals surface area contributed by atoms with Gasteiger partial charge in [0, 0.05) is 54.6 Å². The number of hydrogen-bond donors (Lipinski definition) is 0. The molecule has 0 bridgehead atoms. The van der Waals surface area contributed by atoms with Gasteiger partial charge in [-0.3, -0.25) is 0 Å². The van der Waals surface area contributed by atoms with Crippen LogP contribution in [-0.2, 0) is 10.8 Å². The van der Waals surface area contributed by atoms with Crippen LogP contribution in [0, 0.1) is 17.1 Å². The average molecular weight is 846 g/mol. The number of nitrogens with zero attached hydrogens (tertiary/aromatic N) is 3. The second kappa shape index (κ2) is 15.1. The van der Waals surface area contributed by atoms with Gasteiger partial charge in [-0.25, -0.2) is 4.39 Å². The first-order valence-electron chi connectivity index (χ1n) is 21.8. The maximum atomic E-state index is 17.4. The Morgan fingerprint density at radius 3 is 1.38 bits per heavy atom. The van der Waals surface area contributed by atoms with Crippen LogP contribution in [0.3, 0.4) is 0 Å². The first-order valence-corrected chi connectivity index (χ1v) is 22.6. The van der Waals surface area contributed by atoms with Crippen LogP contribution in [0.4, 0.5) is 38.5 Å². The molecule has 8 aromatic carbocycles. The van der Waals surface area contributed by atoms with E-state index in [0.717, 1.165) is 50.7 Å². The van der Waals surface area contributed by atoms with Crippen molar-refractivity contribution in [3.63, 3.8) is 0 Å². The Labute approximate surface area is 378 Å². The molecule has 0 radical (unpaired) electrons. The number of fused-ring (bicyclic) bond motifs is 7. The lowest BCUT2D eigenvalue weighted by Gasteiger charge is -2.32. The lowest BCUT2D eigenvalue weighted by Crippen LogP contribution is -2.23. The lowest BCUT2D eigenvalue weighted by atomic mass is 9.74. The van der Waals surface area contributed by atoms with Crippen molar-refractivity contribution < 1.29 is 4.39 Å². The van der Waals surface area contributed by atoms with E-state index >= 15 is 4.39 Å². The van der Waals surface area contributed by atoms with E-state index in [4.69, 9.17) is 0 Å². The molecule has 11 rings (SSSR count). The highest BCUT2D eigenvalue weighted by atomic mass is 32.1. The fraction of sp³-hybridized carbons (Fsp3) is 0.102. The molecule has 64 heavy (non-hydrogen) atoms. The molecule has 0 atom stereocenters. The minimum Gasteiger partial charge on any atom is -0.310 e. The van der Waals surface area contributed by atoms with Gasteiger partial charge in [0.05, 0.1) is 17.3 Å². The van der Waals surface area contributed by atoms with E-state index in [1.165, 1.54) is 43.1 Å². The Morgan fingerprint density at radius 1 is 0.438 bits per heavy atom. The van der Waals surface area contributed by atoms with Crippen molar-refractivity contribution in [2.24, 2.45) is 0 Å².